The van der Waals surface area contributed by atoms with Gasteiger partial charge in [0.15, 0.2) is 0 Å². The van der Waals surface area contributed by atoms with Crippen LogP contribution >= 0.6 is 0 Å². The van der Waals surface area contributed by atoms with Gasteiger partial charge in [-0.05, 0) is 81.1 Å². The van der Waals surface area contributed by atoms with Crippen molar-refractivity contribution in [3.8, 4) is 0 Å². The SMILES string of the molecule is CCS(=O)(=O)[O-].CC[NH+](C/C=C\c1ccc(C2CCCCC2)c(C)c1)C1CCCCC1. The summed E-state index contributed by atoms with van der Waals surface area (Å²) < 4.78 is 28.3. The molecule has 0 radical (unpaired) electrons. The zero-order chi connectivity index (χ0) is 22.7. The summed E-state index contributed by atoms with van der Waals surface area (Å²) >= 11 is 0. The fourth-order valence-corrected chi connectivity index (χ4v) is 5.13. The molecular formula is C26H43NO3S. The summed E-state index contributed by atoms with van der Waals surface area (Å²) in [4.78, 5) is 1.78. The Balaban J connectivity index is 0.000000501. The molecule has 1 unspecified atom stereocenters. The minimum atomic E-state index is -3.91. The Morgan fingerprint density at radius 1 is 1.00 bits per heavy atom. The highest BCUT2D eigenvalue weighted by Gasteiger charge is 2.22. The molecule has 0 bridgehead atoms. The highest BCUT2D eigenvalue weighted by Crippen LogP contribution is 2.34. The number of rotatable bonds is 7. The van der Waals surface area contributed by atoms with Gasteiger partial charge in [0.05, 0.1) is 29.2 Å². The van der Waals surface area contributed by atoms with Crippen LogP contribution in [-0.2, 0) is 10.1 Å². The molecule has 4 nitrogen and oxygen atoms in total. The molecule has 0 aromatic heterocycles. The van der Waals surface area contributed by atoms with Crippen molar-refractivity contribution in [1.82, 2.24) is 0 Å². The van der Waals surface area contributed by atoms with Crippen LogP contribution in [0, 0.1) is 6.92 Å². The molecule has 0 amide bonds. The third kappa shape index (κ3) is 9.46. The average molecular weight is 450 g/mol. The number of benzene rings is 1. The molecule has 3 rings (SSSR count). The Hall–Kier alpha value is -1.17. The van der Waals surface area contributed by atoms with Gasteiger partial charge in [-0.15, -0.1) is 0 Å². The average Bonchev–Trinajstić information content (AvgIpc) is 2.78. The Labute approximate surface area is 190 Å². The van der Waals surface area contributed by atoms with E-state index in [1.807, 2.05) is 0 Å². The summed E-state index contributed by atoms with van der Waals surface area (Å²) in [5, 5.41) is 0. The number of hydrogen-bond acceptors (Lipinski definition) is 3. The minimum absolute atomic E-state index is 0.312. The lowest BCUT2D eigenvalue weighted by atomic mass is 9.82. The van der Waals surface area contributed by atoms with Crippen molar-refractivity contribution in [2.24, 2.45) is 0 Å². The van der Waals surface area contributed by atoms with Gasteiger partial charge in [-0.2, -0.15) is 0 Å². The van der Waals surface area contributed by atoms with Crippen molar-refractivity contribution in [2.45, 2.75) is 96.9 Å². The zero-order valence-electron chi connectivity index (χ0n) is 19.9. The predicted octanol–water partition coefficient (Wildman–Crippen LogP) is 4.84. The van der Waals surface area contributed by atoms with Crippen molar-refractivity contribution in [3.63, 3.8) is 0 Å². The van der Waals surface area contributed by atoms with E-state index in [0.29, 0.717) is 0 Å². The van der Waals surface area contributed by atoms with Gasteiger partial charge >= 0.3 is 0 Å². The van der Waals surface area contributed by atoms with Gasteiger partial charge in [0, 0.05) is 5.75 Å². The van der Waals surface area contributed by atoms with E-state index in [4.69, 9.17) is 0 Å². The van der Waals surface area contributed by atoms with Crippen LogP contribution in [-0.4, -0.2) is 37.9 Å². The van der Waals surface area contributed by atoms with Crippen molar-refractivity contribution in [2.75, 3.05) is 18.8 Å². The fourth-order valence-electron chi connectivity index (χ4n) is 5.13. The van der Waals surface area contributed by atoms with E-state index in [0.717, 1.165) is 12.0 Å². The second-order valence-electron chi connectivity index (χ2n) is 9.25. The lowest BCUT2D eigenvalue weighted by Gasteiger charge is -2.29. The molecule has 5 heteroatoms. The molecule has 0 aliphatic heterocycles. The summed E-state index contributed by atoms with van der Waals surface area (Å²) in [6.07, 6.45) is 19.1. The Morgan fingerprint density at radius 2 is 1.58 bits per heavy atom. The minimum Gasteiger partial charge on any atom is -0.748 e. The molecule has 31 heavy (non-hydrogen) atoms. The van der Waals surface area contributed by atoms with Crippen molar-refractivity contribution in [3.05, 3.63) is 41.0 Å². The molecule has 1 aromatic rings. The van der Waals surface area contributed by atoms with Gasteiger partial charge in [0.1, 0.15) is 0 Å². The van der Waals surface area contributed by atoms with Gasteiger partial charge in [0.25, 0.3) is 0 Å². The van der Waals surface area contributed by atoms with Crippen LogP contribution in [0.4, 0.5) is 0 Å². The number of likely N-dealkylation sites (N-methyl/N-ethyl adjacent to an activating group) is 1. The summed E-state index contributed by atoms with van der Waals surface area (Å²) in [6, 6.07) is 8.07. The maximum Gasteiger partial charge on any atom is 0.0963 e. The summed E-state index contributed by atoms with van der Waals surface area (Å²) in [6.45, 7) is 8.41. The predicted molar refractivity (Wildman–Crippen MR) is 130 cm³/mol. The van der Waals surface area contributed by atoms with E-state index in [1.165, 1.54) is 95.3 Å². The van der Waals surface area contributed by atoms with Crippen LogP contribution in [0.5, 0.6) is 0 Å². The number of quaternary nitrogens is 1. The van der Waals surface area contributed by atoms with Crippen LogP contribution < -0.4 is 4.90 Å². The molecule has 1 atom stereocenters. The zero-order valence-corrected chi connectivity index (χ0v) is 20.7. The Kier molecular flexibility index (Phi) is 11.3. The number of nitrogens with one attached hydrogen (secondary N) is 1. The molecule has 0 heterocycles. The van der Waals surface area contributed by atoms with Crippen LogP contribution in [0.15, 0.2) is 24.3 Å². The molecular weight excluding hydrogens is 406 g/mol. The molecule has 2 aliphatic rings. The van der Waals surface area contributed by atoms with Gasteiger partial charge in [-0.1, -0.05) is 56.9 Å². The van der Waals surface area contributed by atoms with Gasteiger partial charge in [-0.25, -0.2) is 8.42 Å². The van der Waals surface area contributed by atoms with Crippen molar-refractivity contribution in [1.29, 1.82) is 0 Å². The molecule has 0 spiro atoms. The summed E-state index contributed by atoms with van der Waals surface area (Å²) in [5.74, 6) is 0.505. The van der Waals surface area contributed by atoms with Crippen LogP contribution in [0.2, 0.25) is 0 Å². The maximum absolute atomic E-state index is 9.44. The Morgan fingerprint density at radius 3 is 2.10 bits per heavy atom. The number of aryl methyl sites for hydroxylation is 1. The largest absolute Gasteiger partial charge is 0.748 e. The lowest BCUT2D eigenvalue weighted by molar-refractivity contribution is -0.919. The molecule has 1 N–H and O–H groups in total. The van der Waals surface area contributed by atoms with E-state index in [9.17, 15) is 13.0 Å². The van der Waals surface area contributed by atoms with E-state index in [-0.39, 0.29) is 5.75 Å². The lowest BCUT2D eigenvalue weighted by Crippen LogP contribution is -3.15. The molecule has 176 valence electrons. The Bertz CT molecular complexity index is 776. The standard InChI is InChI=1S/C24H37N.C2H6O3S/c1-3-25(23-14-8-5-9-15-23)18-10-11-21-16-17-24(20(2)19-21)22-12-6-4-7-13-22;1-2-6(3,4)5/h10-11,16-17,19,22-23H,3-9,12-15,18H2,1-2H3;2H2,1H3,(H,3,4,5)/b11-10-;. The van der Waals surface area contributed by atoms with Crippen LogP contribution in [0.3, 0.4) is 0 Å². The first-order valence-corrected chi connectivity index (χ1v) is 14.0. The normalized spacial score (nSPS) is 19.7. The summed E-state index contributed by atoms with van der Waals surface area (Å²) in [5.41, 5.74) is 4.50. The molecule has 2 aliphatic carbocycles. The highest BCUT2D eigenvalue weighted by molar-refractivity contribution is 7.85. The molecule has 2 saturated carbocycles. The maximum atomic E-state index is 9.44. The van der Waals surface area contributed by atoms with E-state index in [2.05, 4.69) is 44.2 Å². The van der Waals surface area contributed by atoms with Crippen LogP contribution in [0.25, 0.3) is 6.08 Å². The monoisotopic (exact) mass is 449 g/mol. The molecule has 1 aromatic carbocycles. The van der Waals surface area contributed by atoms with E-state index >= 15 is 0 Å². The van der Waals surface area contributed by atoms with Gasteiger partial charge in [0.2, 0.25) is 0 Å². The fraction of sp³-hybridized carbons (Fsp3) is 0.692. The van der Waals surface area contributed by atoms with Gasteiger partial charge in [-0.3, -0.25) is 0 Å². The smallest absolute Gasteiger partial charge is 0.0963 e. The second-order valence-corrected chi connectivity index (χ2v) is 10.9. The quantitative estimate of drug-likeness (QED) is 0.606. The third-order valence-corrected chi connectivity index (χ3v) is 7.73. The van der Waals surface area contributed by atoms with E-state index < -0.39 is 10.1 Å². The van der Waals surface area contributed by atoms with E-state index in [1.54, 1.807) is 10.5 Å². The first kappa shape index (κ1) is 26.1. The third-order valence-electron chi connectivity index (χ3n) is 7.02. The summed E-state index contributed by atoms with van der Waals surface area (Å²) in [7, 11) is -3.91. The van der Waals surface area contributed by atoms with Crippen LogP contribution in [0.1, 0.15) is 101 Å². The number of hydrogen-bond donors (Lipinski definition) is 1. The first-order valence-electron chi connectivity index (χ1n) is 12.4. The molecule has 2 fully saturated rings. The second kappa shape index (κ2) is 13.4. The highest BCUT2D eigenvalue weighted by atomic mass is 32.2. The van der Waals surface area contributed by atoms with Crippen molar-refractivity contribution < 1.29 is 17.9 Å². The topological polar surface area (TPSA) is 61.6 Å². The van der Waals surface area contributed by atoms with Gasteiger partial charge < -0.3 is 9.45 Å². The van der Waals surface area contributed by atoms with Crippen molar-refractivity contribution >= 4 is 16.2 Å². The molecule has 0 saturated heterocycles. The first-order chi connectivity index (χ1) is 14.8.